The van der Waals surface area contributed by atoms with Crippen molar-refractivity contribution < 1.29 is 9.84 Å². The van der Waals surface area contributed by atoms with E-state index in [0.717, 1.165) is 22.2 Å². The van der Waals surface area contributed by atoms with Crippen LogP contribution in [-0.2, 0) is 6.61 Å². The second-order valence-corrected chi connectivity index (χ2v) is 5.46. The van der Waals surface area contributed by atoms with E-state index in [1.807, 2.05) is 36.4 Å². The number of aromatic nitrogens is 1. The van der Waals surface area contributed by atoms with Crippen LogP contribution in [0.15, 0.2) is 54.7 Å². The van der Waals surface area contributed by atoms with E-state index in [-0.39, 0.29) is 5.75 Å². The minimum absolute atomic E-state index is 0.290. The molecule has 0 radical (unpaired) electrons. The largest absolute Gasteiger partial charge is 0.508 e. The number of ether oxygens (including phenoxy) is 1. The number of phenolic OH excluding ortho intramolecular Hbond substituents is 1. The van der Waals surface area contributed by atoms with Crippen molar-refractivity contribution in [2.75, 3.05) is 0 Å². The van der Waals surface area contributed by atoms with Gasteiger partial charge in [-0.05, 0) is 38.1 Å². The molecule has 0 aliphatic rings. The number of hydrogen-bond acceptors (Lipinski definition) is 2. The molecule has 0 unspecified atom stereocenters. The molecule has 0 fully saturated rings. The second kappa shape index (κ2) is 5.52. The van der Waals surface area contributed by atoms with Gasteiger partial charge in [-0.3, -0.25) is 0 Å². The van der Waals surface area contributed by atoms with Gasteiger partial charge in [0.05, 0.1) is 5.52 Å². The van der Waals surface area contributed by atoms with Crippen molar-refractivity contribution in [2.24, 2.45) is 0 Å². The fourth-order valence-corrected chi connectivity index (χ4v) is 2.53. The average molecular weight is 281 g/mol. The predicted molar refractivity (Wildman–Crippen MR) is 84.8 cm³/mol. The number of phenols is 1. The summed E-state index contributed by atoms with van der Waals surface area (Å²) in [5.41, 5.74) is 2.17. The van der Waals surface area contributed by atoms with E-state index in [2.05, 4.69) is 24.6 Å². The number of hydrogen-bond donors (Lipinski definition) is 1. The Kier molecular flexibility index (Phi) is 3.57. The van der Waals surface area contributed by atoms with Gasteiger partial charge in [-0.1, -0.05) is 18.2 Å². The Labute approximate surface area is 124 Å². The highest BCUT2D eigenvalue weighted by atomic mass is 16.5. The van der Waals surface area contributed by atoms with Crippen molar-refractivity contribution in [3.8, 4) is 11.5 Å². The van der Waals surface area contributed by atoms with E-state index < -0.39 is 0 Å². The Hall–Kier alpha value is -2.42. The van der Waals surface area contributed by atoms with Crippen LogP contribution in [-0.4, -0.2) is 9.67 Å². The van der Waals surface area contributed by atoms with Gasteiger partial charge in [-0.15, -0.1) is 0 Å². The molecule has 1 N–H and O–H groups in total. The highest BCUT2D eigenvalue weighted by Crippen LogP contribution is 2.28. The van der Waals surface area contributed by atoms with E-state index in [1.54, 1.807) is 12.1 Å². The van der Waals surface area contributed by atoms with Crippen molar-refractivity contribution in [3.05, 3.63) is 60.3 Å². The lowest BCUT2D eigenvalue weighted by atomic mass is 10.2. The molecule has 3 rings (SSSR count). The maximum absolute atomic E-state index is 9.71. The van der Waals surface area contributed by atoms with Gasteiger partial charge in [0.1, 0.15) is 18.1 Å². The van der Waals surface area contributed by atoms with Crippen molar-refractivity contribution >= 4 is 10.9 Å². The van der Waals surface area contributed by atoms with Gasteiger partial charge >= 0.3 is 0 Å². The summed E-state index contributed by atoms with van der Waals surface area (Å²) in [4.78, 5) is 0. The number of nitrogens with zero attached hydrogens (tertiary/aromatic N) is 1. The maximum Gasteiger partial charge on any atom is 0.119 e. The minimum atomic E-state index is 0.290. The fourth-order valence-electron chi connectivity index (χ4n) is 2.53. The first-order chi connectivity index (χ1) is 10.1. The number of benzene rings is 2. The molecule has 0 aliphatic heterocycles. The Morgan fingerprint density at radius 2 is 1.86 bits per heavy atom. The van der Waals surface area contributed by atoms with Crippen LogP contribution in [0.5, 0.6) is 11.5 Å². The summed E-state index contributed by atoms with van der Waals surface area (Å²) in [6.45, 7) is 4.78. The molecule has 0 saturated carbocycles. The molecular weight excluding hydrogens is 262 g/mol. The third-order valence-electron chi connectivity index (χ3n) is 3.59. The molecular formula is C18H19NO2. The molecule has 1 heterocycles. The molecule has 0 amide bonds. The van der Waals surface area contributed by atoms with Crippen LogP contribution >= 0.6 is 0 Å². The standard InChI is InChI=1S/C18H19NO2/c1-13(2)19-11-14(12-21-16-6-4-3-5-7-16)17-9-8-15(20)10-18(17)19/h3-11,13,20H,12H2,1-2H3. The van der Waals surface area contributed by atoms with Crippen LogP contribution in [0.3, 0.4) is 0 Å². The third kappa shape index (κ3) is 2.72. The molecule has 21 heavy (non-hydrogen) atoms. The Morgan fingerprint density at radius 3 is 2.57 bits per heavy atom. The van der Waals surface area contributed by atoms with Crippen LogP contribution in [0.1, 0.15) is 25.5 Å². The molecule has 3 aromatic rings. The first kappa shape index (κ1) is 13.6. The minimum Gasteiger partial charge on any atom is -0.508 e. The second-order valence-electron chi connectivity index (χ2n) is 5.46. The molecule has 0 aliphatic carbocycles. The zero-order valence-corrected chi connectivity index (χ0v) is 12.3. The Balaban J connectivity index is 1.95. The molecule has 2 aromatic carbocycles. The maximum atomic E-state index is 9.71. The summed E-state index contributed by atoms with van der Waals surface area (Å²) in [6, 6.07) is 15.6. The number of fused-ring (bicyclic) bond motifs is 1. The Bertz CT molecular complexity index is 745. The highest BCUT2D eigenvalue weighted by Gasteiger charge is 2.11. The zero-order chi connectivity index (χ0) is 14.8. The summed E-state index contributed by atoms with van der Waals surface area (Å²) in [6.07, 6.45) is 2.11. The summed E-state index contributed by atoms with van der Waals surface area (Å²) < 4.78 is 8.01. The van der Waals surface area contributed by atoms with E-state index in [0.29, 0.717) is 12.6 Å². The van der Waals surface area contributed by atoms with E-state index in [1.165, 1.54) is 0 Å². The van der Waals surface area contributed by atoms with Gasteiger partial charge in [-0.2, -0.15) is 0 Å². The van der Waals surface area contributed by atoms with Gasteiger partial charge in [0.25, 0.3) is 0 Å². The smallest absolute Gasteiger partial charge is 0.119 e. The molecule has 0 spiro atoms. The quantitative estimate of drug-likeness (QED) is 0.763. The molecule has 1 aromatic heterocycles. The number of aromatic hydroxyl groups is 1. The number of rotatable bonds is 4. The first-order valence-corrected chi connectivity index (χ1v) is 7.15. The summed E-state index contributed by atoms with van der Waals surface area (Å²) in [5, 5.41) is 10.8. The lowest BCUT2D eigenvalue weighted by Crippen LogP contribution is -1.98. The summed E-state index contributed by atoms with van der Waals surface area (Å²) in [5.74, 6) is 1.15. The normalized spacial score (nSPS) is 11.2. The van der Waals surface area contributed by atoms with Gasteiger partial charge in [0.15, 0.2) is 0 Å². The van der Waals surface area contributed by atoms with Crippen LogP contribution in [0.4, 0.5) is 0 Å². The average Bonchev–Trinajstić information content (AvgIpc) is 2.84. The summed E-state index contributed by atoms with van der Waals surface area (Å²) >= 11 is 0. The van der Waals surface area contributed by atoms with Gasteiger partial charge in [0, 0.05) is 29.3 Å². The van der Waals surface area contributed by atoms with Gasteiger partial charge in [-0.25, -0.2) is 0 Å². The first-order valence-electron chi connectivity index (χ1n) is 7.15. The van der Waals surface area contributed by atoms with Gasteiger partial charge < -0.3 is 14.4 Å². The van der Waals surface area contributed by atoms with Crippen LogP contribution in [0.2, 0.25) is 0 Å². The van der Waals surface area contributed by atoms with E-state index in [9.17, 15) is 5.11 Å². The molecule has 3 nitrogen and oxygen atoms in total. The molecule has 0 saturated heterocycles. The van der Waals surface area contributed by atoms with Crippen LogP contribution < -0.4 is 4.74 Å². The lowest BCUT2D eigenvalue weighted by molar-refractivity contribution is 0.307. The van der Waals surface area contributed by atoms with Crippen molar-refractivity contribution in [1.29, 1.82) is 0 Å². The molecule has 0 bridgehead atoms. The summed E-state index contributed by atoms with van der Waals surface area (Å²) in [7, 11) is 0. The zero-order valence-electron chi connectivity index (χ0n) is 12.3. The van der Waals surface area contributed by atoms with Crippen molar-refractivity contribution in [1.82, 2.24) is 4.57 Å². The number of para-hydroxylation sites is 1. The lowest BCUT2D eigenvalue weighted by Gasteiger charge is -2.08. The van der Waals surface area contributed by atoms with Crippen LogP contribution in [0, 0.1) is 0 Å². The fraction of sp³-hybridized carbons (Fsp3) is 0.222. The highest BCUT2D eigenvalue weighted by molar-refractivity contribution is 5.85. The van der Waals surface area contributed by atoms with Crippen molar-refractivity contribution in [2.45, 2.75) is 26.5 Å². The molecule has 3 heteroatoms. The van der Waals surface area contributed by atoms with E-state index >= 15 is 0 Å². The predicted octanol–water partition coefficient (Wildman–Crippen LogP) is 4.51. The van der Waals surface area contributed by atoms with Gasteiger partial charge in [0.2, 0.25) is 0 Å². The monoisotopic (exact) mass is 281 g/mol. The Morgan fingerprint density at radius 1 is 1.10 bits per heavy atom. The molecule has 0 atom stereocenters. The topological polar surface area (TPSA) is 34.4 Å². The SMILES string of the molecule is CC(C)n1cc(COc2ccccc2)c2ccc(O)cc21. The van der Waals surface area contributed by atoms with Crippen molar-refractivity contribution in [3.63, 3.8) is 0 Å². The molecule has 108 valence electrons. The van der Waals surface area contributed by atoms with E-state index in [4.69, 9.17) is 4.74 Å². The third-order valence-corrected chi connectivity index (χ3v) is 3.59. The van der Waals surface area contributed by atoms with Crippen LogP contribution in [0.25, 0.3) is 10.9 Å².